The Labute approximate surface area is 203 Å². The fourth-order valence-electron chi connectivity index (χ4n) is 4.43. The summed E-state index contributed by atoms with van der Waals surface area (Å²) in [4.78, 5) is 30.5. The second-order valence-electron chi connectivity index (χ2n) is 8.67. The lowest BCUT2D eigenvalue weighted by atomic mass is 9.84. The number of aromatic nitrogens is 1. The van der Waals surface area contributed by atoms with E-state index in [2.05, 4.69) is 4.98 Å². The smallest absolute Gasteiger partial charge is 0.411 e. The maximum atomic E-state index is 13.5. The first kappa shape index (κ1) is 24.2. The van der Waals surface area contributed by atoms with Crippen molar-refractivity contribution in [3.8, 4) is 17.0 Å². The molecule has 1 aliphatic rings. The van der Waals surface area contributed by atoms with Crippen LogP contribution in [0.4, 0.5) is 9.18 Å². The number of amides is 2. The lowest BCUT2D eigenvalue weighted by Crippen LogP contribution is -2.49. The van der Waals surface area contributed by atoms with Crippen molar-refractivity contribution in [3.63, 3.8) is 0 Å². The van der Waals surface area contributed by atoms with Gasteiger partial charge >= 0.3 is 6.09 Å². The monoisotopic (exact) mass is 477 g/mol. The minimum atomic E-state index is -1.03. The highest BCUT2D eigenvalue weighted by Gasteiger charge is 2.43. The molecule has 182 valence electrons. The Balaban J connectivity index is 1.50. The topological polar surface area (TPSA) is 94.8 Å². The molecule has 3 aromatic rings. The van der Waals surface area contributed by atoms with Gasteiger partial charge in [0.2, 0.25) is 11.8 Å². The fraction of sp³-hybridized carbons (Fsp3) is 0.296. The van der Waals surface area contributed by atoms with E-state index in [1.165, 1.54) is 12.1 Å². The number of pyridine rings is 1. The number of hydrogen-bond acceptors (Lipinski definition) is 5. The molecule has 7 nitrogen and oxygen atoms in total. The van der Waals surface area contributed by atoms with Gasteiger partial charge in [0, 0.05) is 43.6 Å². The minimum absolute atomic E-state index is 0.0574. The average Bonchev–Trinajstić information content (AvgIpc) is 2.88. The van der Waals surface area contributed by atoms with E-state index in [0.29, 0.717) is 24.4 Å². The fourth-order valence-corrected chi connectivity index (χ4v) is 4.43. The number of nitrogens with zero attached hydrogens (tertiary/aromatic N) is 2. The van der Waals surface area contributed by atoms with Crippen molar-refractivity contribution in [2.75, 3.05) is 13.7 Å². The van der Waals surface area contributed by atoms with Crippen molar-refractivity contribution >= 4 is 12.0 Å². The molecule has 0 bridgehead atoms. The van der Waals surface area contributed by atoms with Gasteiger partial charge in [0.15, 0.2) is 0 Å². The van der Waals surface area contributed by atoms with Gasteiger partial charge in [-0.2, -0.15) is 0 Å². The molecule has 1 aliphatic heterocycles. The van der Waals surface area contributed by atoms with E-state index >= 15 is 0 Å². The van der Waals surface area contributed by atoms with Crippen LogP contribution in [-0.2, 0) is 15.1 Å². The van der Waals surface area contributed by atoms with Gasteiger partial charge in [0.1, 0.15) is 11.4 Å². The number of carbonyl (C=O) groups is 2. The van der Waals surface area contributed by atoms with E-state index in [-0.39, 0.29) is 24.7 Å². The number of rotatable bonds is 8. The number of methoxy groups -OCH3 is 1. The van der Waals surface area contributed by atoms with Crippen molar-refractivity contribution in [2.45, 2.75) is 37.8 Å². The standard InChI is InChI=1S/C27H28FN3O4/c1-18(19-3-5-20(6-4-19)21-7-12-25(34-2)30-17-21)31-16-15-27(35-26(31)33,14-13-24(29)32)22-8-10-23(28)11-9-22/h3-12,17-18H,13-16H2,1-2H3,(H2,29,32)/t18-,27+/m0/s1. The zero-order valence-electron chi connectivity index (χ0n) is 19.7. The zero-order chi connectivity index (χ0) is 25.0. The summed E-state index contributed by atoms with van der Waals surface area (Å²) in [6.45, 7) is 2.36. The van der Waals surface area contributed by atoms with Crippen LogP contribution in [0.2, 0.25) is 0 Å². The first-order valence-corrected chi connectivity index (χ1v) is 11.5. The summed E-state index contributed by atoms with van der Waals surface area (Å²) in [7, 11) is 1.57. The number of carbonyl (C=O) groups excluding carboxylic acids is 2. The number of hydrogen-bond donors (Lipinski definition) is 1. The summed E-state index contributed by atoms with van der Waals surface area (Å²) < 4.78 is 24.6. The Hall–Kier alpha value is -3.94. The molecule has 8 heteroatoms. The van der Waals surface area contributed by atoms with Crippen LogP contribution >= 0.6 is 0 Å². The Morgan fingerprint density at radius 2 is 1.83 bits per heavy atom. The van der Waals surface area contributed by atoms with Crippen molar-refractivity contribution in [2.24, 2.45) is 5.73 Å². The number of cyclic esters (lactones) is 1. The summed E-state index contributed by atoms with van der Waals surface area (Å²) in [6, 6.07) is 17.3. The molecule has 2 amide bonds. The molecule has 2 atom stereocenters. The van der Waals surface area contributed by atoms with Crippen molar-refractivity contribution in [3.05, 3.63) is 83.8 Å². The molecule has 1 saturated heterocycles. The number of nitrogens with two attached hydrogens (primary N) is 1. The summed E-state index contributed by atoms with van der Waals surface area (Å²) in [5, 5.41) is 0. The molecular formula is C27H28FN3O4. The molecule has 2 heterocycles. The maximum Gasteiger partial charge on any atom is 0.411 e. The SMILES string of the molecule is COc1ccc(-c2ccc([C@H](C)N3CC[C@](CCC(N)=O)(c4ccc(F)cc4)OC3=O)cc2)cn1. The third-order valence-corrected chi connectivity index (χ3v) is 6.56. The summed E-state index contributed by atoms with van der Waals surface area (Å²) in [5.74, 6) is -0.314. The highest BCUT2D eigenvalue weighted by molar-refractivity contribution is 5.74. The van der Waals surface area contributed by atoms with Crippen molar-refractivity contribution < 1.29 is 23.5 Å². The molecule has 4 rings (SSSR count). The van der Waals surface area contributed by atoms with Gasteiger partial charge in [-0.3, -0.25) is 4.79 Å². The Kier molecular flexibility index (Phi) is 7.00. The average molecular weight is 478 g/mol. The molecule has 1 fully saturated rings. The predicted molar refractivity (Wildman–Crippen MR) is 129 cm³/mol. The first-order valence-electron chi connectivity index (χ1n) is 11.5. The highest BCUT2D eigenvalue weighted by atomic mass is 19.1. The molecule has 0 radical (unpaired) electrons. The van der Waals surface area contributed by atoms with Gasteiger partial charge in [-0.15, -0.1) is 0 Å². The third-order valence-electron chi connectivity index (χ3n) is 6.56. The van der Waals surface area contributed by atoms with E-state index in [4.69, 9.17) is 15.2 Å². The van der Waals surface area contributed by atoms with Gasteiger partial charge < -0.3 is 20.1 Å². The number of primary amides is 1. The lowest BCUT2D eigenvalue weighted by Gasteiger charge is -2.43. The summed E-state index contributed by atoms with van der Waals surface area (Å²) in [6.07, 6.45) is 2.02. The Morgan fingerprint density at radius 1 is 1.14 bits per heavy atom. The number of halogens is 1. The number of benzene rings is 2. The normalized spacial score (nSPS) is 18.6. The molecule has 0 spiro atoms. The van der Waals surface area contributed by atoms with E-state index in [1.54, 1.807) is 36.4 Å². The zero-order valence-corrected chi connectivity index (χ0v) is 19.7. The van der Waals surface area contributed by atoms with Crippen molar-refractivity contribution in [1.29, 1.82) is 0 Å². The quantitative estimate of drug-likeness (QED) is 0.495. The van der Waals surface area contributed by atoms with Crippen LogP contribution in [-0.4, -0.2) is 35.5 Å². The van der Waals surface area contributed by atoms with E-state index in [0.717, 1.165) is 16.7 Å². The second kappa shape index (κ2) is 10.1. The van der Waals surface area contributed by atoms with Gasteiger partial charge in [-0.05, 0) is 41.8 Å². The molecule has 1 aromatic heterocycles. The number of ether oxygens (including phenoxy) is 2. The van der Waals surface area contributed by atoms with E-state index in [1.807, 2.05) is 37.3 Å². The van der Waals surface area contributed by atoms with Gasteiger partial charge in [-0.25, -0.2) is 14.2 Å². The second-order valence-corrected chi connectivity index (χ2v) is 8.67. The third kappa shape index (κ3) is 5.26. The summed E-state index contributed by atoms with van der Waals surface area (Å²) >= 11 is 0. The minimum Gasteiger partial charge on any atom is -0.481 e. The molecule has 0 unspecified atom stereocenters. The lowest BCUT2D eigenvalue weighted by molar-refractivity contribution is -0.121. The molecule has 35 heavy (non-hydrogen) atoms. The van der Waals surface area contributed by atoms with Crippen LogP contribution in [0, 0.1) is 5.82 Å². The van der Waals surface area contributed by atoms with Crippen LogP contribution in [0.5, 0.6) is 5.88 Å². The molecule has 2 aromatic carbocycles. The van der Waals surface area contributed by atoms with E-state index in [9.17, 15) is 14.0 Å². The van der Waals surface area contributed by atoms with Crippen LogP contribution in [0.1, 0.15) is 43.4 Å². The van der Waals surface area contributed by atoms with E-state index < -0.39 is 17.6 Å². The maximum absolute atomic E-state index is 13.5. The van der Waals surface area contributed by atoms with Crippen molar-refractivity contribution in [1.82, 2.24) is 9.88 Å². The Morgan fingerprint density at radius 3 is 2.40 bits per heavy atom. The van der Waals surface area contributed by atoms with Gasteiger partial charge in [-0.1, -0.05) is 36.4 Å². The largest absolute Gasteiger partial charge is 0.481 e. The van der Waals surface area contributed by atoms with Gasteiger partial charge in [0.05, 0.1) is 13.2 Å². The van der Waals surface area contributed by atoms with Gasteiger partial charge in [0.25, 0.3) is 0 Å². The van der Waals surface area contributed by atoms with Crippen LogP contribution in [0.15, 0.2) is 66.9 Å². The molecule has 2 N–H and O–H groups in total. The highest BCUT2D eigenvalue weighted by Crippen LogP contribution is 2.40. The molecular weight excluding hydrogens is 449 g/mol. The summed E-state index contributed by atoms with van der Waals surface area (Å²) in [5.41, 5.74) is 7.91. The first-order chi connectivity index (χ1) is 16.8. The van der Waals surface area contributed by atoms with Crippen LogP contribution in [0.3, 0.4) is 0 Å². The van der Waals surface area contributed by atoms with Crippen LogP contribution < -0.4 is 10.5 Å². The predicted octanol–water partition coefficient (Wildman–Crippen LogP) is 4.96. The molecule has 0 saturated carbocycles. The van der Waals surface area contributed by atoms with Crippen LogP contribution in [0.25, 0.3) is 11.1 Å². The Bertz CT molecular complexity index is 1180. The molecule has 0 aliphatic carbocycles.